The van der Waals surface area contributed by atoms with Gasteiger partial charge in [-0.1, -0.05) is 25.1 Å². The second-order valence-corrected chi connectivity index (χ2v) is 3.12. The lowest BCUT2D eigenvalue weighted by molar-refractivity contribution is 0.794. The van der Waals surface area contributed by atoms with Crippen molar-refractivity contribution in [1.29, 1.82) is 0 Å². The number of nitrogens with one attached hydrogen (secondary N) is 1. The average Bonchev–Trinajstić information content (AvgIpc) is 2.57. The maximum Gasteiger partial charge on any atom is 0.125 e. The highest BCUT2D eigenvalue weighted by Gasteiger charge is 1.98. The Morgan fingerprint density at radius 2 is 2.15 bits per heavy atom. The molecule has 0 unspecified atom stereocenters. The van der Waals surface area contributed by atoms with Gasteiger partial charge in [-0.2, -0.15) is 0 Å². The molecule has 0 amide bonds. The molecule has 0 aliphatic carbocycles. The first-order valence-electron chi connectivity index (χ1n) is 4.65. The highest BCUT2D eigenvalue weighted by molar-refractivity contribution is 5.82. The van der Waals surface area contributed by atoms with Gasteiger partial charge in [0.15, 0.2) is 0 Å². The van der Waals surface area contributed by atoms with E-state index in [1.807, 2.05) is 12.1 Å². The highest BCUT2D eigenvalue weighted by Crippen LogP contribution is 2.17. The van der Waals surface area contributed by atoms with Gasteiger partial charge in [0.05, 0.1) is 0 Å². The third-order valence-corrected chi connectivity index (χ3v) is 2.02. The van der Waals surface area contributed by atoms with Crippen LogP contribution in [0.3, 0.4) is 0 Å². The quantitative estimate of drug-likeness (QED) is 0.739. The molecule has 0 atom stereocenters. The molecule has 0 aliphatic heterocycles. The van der Waals surface area contributed by atoms with Crippen molar-refractivity contribution in [1.82, 2.24) is 10.3 Å². The minimum Gasteiger partial charge on any atom is -0.340 e. The van der Waals surface area contributed by atoms with Crippen LogP contribution in [0.4, 0.5) is 5.82 Å². The molecule has 0 aliphatic rings. The molecule has 1 aromatic heterocycles. The van der Waals surface area contributed by atoms with Crippen molar-refractivity contribution < 1.29 is 0 Å². The second kappa shape index (κ2) is 3.52. The molecule has 1 N–H and O–H groups in total. The zero-order chi connectivity index (χ0) is 9.10. The van der Waals surface area contributed by atoms with E-state index in [9.17, 15) is 0 Å². The van der Waals surface area contributed by atoms with Gasteiger partial charge >= 0.3 is 0 Å². The van der Waals surface area contributed by atoms with Crippen molar-refractivity contribution in [3.05, 3.63) is 30.3 Å². The zero-order valence-corrected chi connectivity index (χ0v) is 7.75. The van der Waals surface area contributed by atoms with Crippen molar-refractivity contribution >= 4 is 16.7 Å². The summed E-state index contributed by atoms with van der Waals surface area (Å²) < 4.78 is 0. The van der Waals surface area contributed by atoms with Gasteiger partial charge in [-0.15, -0.1) is 0 Å². The van der Waals surface area contributed by atoms with Crippen LogP contribution in [0, 0.1) is 0 Å². The topological polar surface area (TPSA) is 29.9 Å². The molecule has 0 bridgehead atoms. The Bertz CT molecular complexity index is 357. The monoisotopic (exact) mass is 173 g/mol. The van der Waals surface area contributed by atoms with Gasteiger partial charge in [-0.05, 0) is 18.6 Å². The van der Waals surface area contributed by atoms with E-state index < -0.39 is 0 Å². The van der Waals surface area contributed by atoms with Gasteiger partial charge in [0, 0.05) is 17.4 Å². The van der Waals surface area contributed by atoms with E-state index in [1.54, 1.807) is 0 Å². The Hall–Kier alpha value is -1.44. The smallest absolute Gasteiger partial charge is 0.125 e. The predicted molar refractivity (Wildman–Crippen MR) is 55.3 cm³/mol. The number of para-hydroxylation sites is 1. The van der Waals surface area contributed by atoms with Crippen molar-refractivity contribution in [3.8, 4) is 0 Å². The van der Waals surface area contributed by atoms with Gasteiger partial charge in [-0.25, -0.2) is 0 Å². The maximum atomic E-state index is 4.41. The van der Waals surface area contributed by atoms with Crippen LogP contribution in [0.15, 0.2) is 30.3 Å². The molecule has 2 rings (SSSR count). The summed E-state index contributed by atoms with van der Waals surface area (Å²) in [5, 5.41) is 5.64. The molecule has 13 heavy (non-hydrogen) atoms. The summed E-state index contributed by atoms with van der Waals surface area (Å²) in [6.45, 7) is 3.03. The molecular formula is C11H13N2. The van der Waals surface area contributed by atoms with Crippen LogP contribution in [-0.4, -0.2) is 11.5 Å². The van der Waals surface area contributed by atoms with E-state index in [0.29, 0.717) is 0 Å². The molecule has 1 aromatic carbocycles. The summed E-state index contributed by atoms with van der Waals surface area (Å²) in [5.74, 6) is 0.989. The molecule has 0 spiro atoms. The summed E-state index contributed by atoms with van der Waals surface area (Å²) in [6.07, 6.45) is 1.09. The fourth-order valence-electron chi connectivity index (χ4n) is 1.38. The third kappa shape index (κ3) is 1.66. The Morgan fingerprint density at radius 1 is 1.31 bits per heavy atom. The first kappa shape index (κ1) is 8.17. The van der Waals surface area contributed by atoms with Crippen molar-refractivity contribution in [2.75, 3.05) is 6.54 Å². The summed E-state index contributed by atoms with van der Waals surface area (Å²) in [4.78, 5) is 3.26. The SMILES string of the molecule is CCC[N]c1cc2ccccc2[nH]1. The Kier molecular flexibility index (Phi) is 2.21. The van der Waals surface area contributed by atoms with Crippen molar-refractivity contribution in [2.24, 2.45) is 0 Å². The molecular weight excluding hydrogens is 160 g/mol. The fraction of sp³-hybridized carbons (Fsp3) is 0.273. The lowest BCUT2D eigenvalue weighted by atomic mass is 10.2. The van der Waals surface area contributed by atoms with E-state index in [4.69, 9.17) is 0 Å². The largest absolute Gasteiger partial charge is 0.340 e. The van der Waals surface area contributed by atoms with E-state index >= 15 is 0 Å². The van der Waals surface area contributed by atoms with E-state index in [0.717, 1.165) is 24.3 Å². The zero-order valence-electron chi connectivity index (χ0n) is 7.75. The van der Waals surface area contributed by atoms with Crippen LogP contribution in [0.1, 0.15) is 13.3 Å². The molecule has 2 aromatic rings. The van der Waals surface area contributed by atoms with Gasteiger partial charge in [0.25, 0.3) is 0 Å². The van der Waals surface area contributed by atoms with Gasteiger partial charge in [0.2, 0.25) is 0 Å². The average molecular weight is 173 g/mol. The fourth-order valence-corrected chi connectivity index (χ4v) is 1.38. The van der Waals surface area contributed by atoms with Gasteiger partial charge in [0.1, 0.15) is 5.82 Å². The minimum absolute atomic E-state index is 0.896. The molecule has 1 heterocycles. The number of aromatic amines is 1. The lowest BCUT2D eigenvalue weighted by Gasteiger charge is -1.94. The highest BCUT2D eigenvalue weighted by atomic mass is 15.0. The number of hydrogen-bond acceptors (Lipinski definition) is 0. The van der Waals surface area contributed by atoms with Gasteiger partial charge < -0.3 is 4.98 Å². The molecule has 0 fully saturated rings. The van der Waals surface area contributed by atoms with E-state index in [-0.39, 0.29) is 0 Å². The van der Waals surface area contributed by atoms with Crippen LogP contribution in [0.25, 0.3) is 10.9 Å². The first-order chi connectivity index (χ1) is 6.40. The Labute approximate surface area is 78.0 Å². The molecule has 67 valence electrons. The van der Waals surface area contributed by atoms with Gasteiger partial charge in [-0.3, -0.25) is 5.32 Å². The van der Waals surface area contributed by atoms with Crippen LogP contribution < -0.4 is 5.32 Å². The second-order valence-electron chi connectivity index (χ2n) is 3.12. The normalized spacial score (nSPS) is 10.5. The van der Waals surface area contributed by atoms with Crippen LogP contribution in [0.5, 0.6) is 0 Å². The van der Waals surface area contributed by atoms with E-state index in [2.05, 4.69) is 35.4 Å². The molecule has 0 saturated heterocycles. The number of aromatic nitrogens is 1. The molecule has 2 heteroatoms. The van der Waals surface area contributed by atoms with Crippen molar-refractivity contribution in [2.45, 2.75) is 13.3 Å². The summed E-state index contributed by atoms with van der Waals surface area (Å²) >= 11 is 0. The number of nitrogens with zero attached hydrogens (tertiary/aromatic N) is 1. The lowest BCUT2D eigenvalue weighted by Crippen LogP contribution is -1.97. The molecule has 1 radical (unpaired) electrons. The summed E-state index contributed by atoms with van der Waals surface area (Å²) in [5.41, 5.74) is 1.16. The number of hydrogen-bond donors (Lipinski definition) is 1. The predicted octanol–water partition coefficient (Wildman–Crippen LogP) is 2.81. The first-order valence-corrected chi connectivity index (χ1v) is 4.65. The maximum absolute atomic E-state index is 4.41. The third-order valence-electron chi connectivity index (χ3n) is 2.02. The van der Waals surface area contributed by atoms with E-state index in [1.165, 1.54) is 5.39 Å². The minimum atomic E-state index is 0.896. The van der Waals surface area contributed by atoms with Crippen LogP contribution >= 0.6 is 0 Å². The molecule has 0 saturated carbocycles. The molecule has 2 nitrogen and oxygen atoms in total. The summed E-state index contributed by atoms with van der Waals surface area (Å²) in [7, 11) is 0. The number of rotatable bonds is 3. The standard InChI is InChI=1S/C11H13N2/c1-2-7-12-11-8-9-5-3-4-6-10(9)13-11/h3-6,8,13H,2,7H2,1H3. The number of H-pyrrole nitrogens is 1. The number of benzene rings is 1. The van der Waals surface area contributed by atoms with Crippen LogP contribution in [-0.2, 0) is 0 Å². The van der Waals surface area contributed by atoms with Crippen LogP contribution in [0.2, 0.25) is 0 Å². The number of fused-ring (bicyclic) bond motifs is 1. The summed E-state index contributed by atoms with van der Waals surface area (Å²) in [6, 6.07) is 10.3. The Morgan fingerprint density at radius 3 is 2.92 bits per heavy atom. The Balaban J connectivity index is 2.28. The van der Waals surface area contributed by atoms with Crippen molar-refractivity contribution in [3.63, 3.8) is 0 Å².